The third-order valence-electron chi connectivity index (χ3n) is 8.92. The molecule has 7 rings (SSSR count). The first-order valence-corrected chi connectivity index (χ1v) is 15.5. The van der Waals surface area contributed by atoms with Crippen LogP contribution >= 0.6 is 0 Å². The fourth-order valence-electron chi connectivity index (χ4n) is 6.52. The molecule has 4 amide bonds. The molecule has 0 aliphatic carbocycles. The van der Waals surface area contributed by atoms with E-state index < -0.39 is 41.4 Å². The Morgan fingerprint density at radius 1 is 1.02 bits per heavy atom. The Hall–Kier alpha value is -5.46. The van der Waals surface area contributed by atoms with Crippen LogP contribution in [-0.4, -0.2) is 49.1 Å². The molecule has 240 valence electrons. The number of nitrogens with one attached hydrogen (secondary N) is 3. The van der Waals surface area contributed by atoms with Crippen molar-refractivity contribution in [3.05, 3.63) is 106 Å². The lowest BCUT2D eigenvalue weighted by Crippen LogP contribution is -2.47. The number of hydrogen-bond acceptors (Lipinski definition) is 7. The van der Waals surface area contributed by atoms with E-state index in [1.54, 1.807) is 48.9 Å². The zero-order valence-corrected chi connectivity index (χ0v) is 25.3. The van der Waals surface area contributed by atoms with Crippen LogP contribution in [0.25, 0.3) is 0 Å². The predicted molar refractivity (Wildman–Crippen MR) is 166 cm³/mol. The minimum atomic E-state index is -1.10. The summed E-state index contributed by atoms with van der Waals surface area (Å²) in [7, 11) is 0. The maximum Gasteiger partial charge on any atom is 0.255 e. The number of imide groups is 1. The van der Waals surface area contributed by atoms with Gasteiger partial charge in [0.05, 0.1) is 18.6 Å². The van der Waals surface area contributed by atoms with Gasteiger partial charge in [0.2, 0.25) is 11.8 Å². The third-order valence-corrected chi connectivity index (χ3v) is 8.92. The first-order valence-electron chi connectivity index (χ1n) is 15.5. The lowest BCUT2D eigenvalue weighted by Gasteiger charge is -2.26. The number of imidazole rings is 1. The van der Waals surface area contributed by atoms with Crippen molar-refractivity contribution in [2.75, 3.05) is 10.6 Å². The molecular formula is C34H31F2N7O4. The van der Waals surface area contributed by atoms with Crippen LogP contribution in [0.15, 0.2) is 61.1 Å². The van der Waals surface area contributed by atoms with Gasteiger partial charge >= 0.3 is 0 Å². The van der Waals surface area contributed by atoms with Crippen molar-refractivity contribution in [1.82, 2.24) is 24.8 Å². The zero-order valence-electron chi connectivity index (χ0n) is 25.3. The van der Waals surface area contributed by atoms with Crippen molar-refractivity contribution in [3.63, 3.8) is 0 Å². The molecule has 2 atom stereocenters. The van der Waals surface area contributed by atoms with Gasteiger partial charge in [-0.05, 0) is 79.6 Å². The molecule has 2 unspecified atom stereocenters. The number of aryl methyl sites for hydroxylation is 3. The number of rotatable bonds is 9. The summed E-state index contributed by atoms with van der Waals surface area (Å²) in [6.45, 7) is 0.659. The van der Waals surface area contributed by atoms with Crippen molar-refractivity contribution in [1.29, 1.82) is 0 Å². The summed E-state index contributed by atoms with van der Waals surface area (Å²) < 4.78 is 32.6. The van der Waals surface area contributed by atoms with Crippen LogP contribution in [0.1, 0.15) is 63.7 Å². The Morgan fingerprint density at radius 3 is 2.68 bits per heavy atom. The van der Waals surface area contributed by atoms with E-state index >= 15 is 8.78 Å². The molecule has 2 aromatic carbocycles. The minimum absolute atomic E-state index is 0.108. The molecule has 4 aromatic rings. The molecule has 13 heteroatoms. The van der Waals surface area contributed by atoms with Crippen molar-refractivity contribution in [3.8, 4) is 0 Å². The van der Waals surface area contributed by atoms with Crippen LogP contribution < -0.4 is 16.0 Å². The molecule has 3 aliphatic rings. The van der Waals surface area contributed by atoms with Gasteiger partial charge in [0.25, 0.3) is 11.8 Å². The number of benzene rings is 2. The lowest BCUT2D eigenvalue weighted by molar-refractivity contribution is -0.133. The molecule has 0 spiro atoms. The smallest absolute Gasteiger partial charge is 0.255 e. The van der Waals surface area contributed by atoms with E-state index in [1.165, 1.54) is 17.0 Å². The monoisotopic (exact) mass is 639 g/mol. The fraction of sp³-hybridized carbons (Fsp3) is 0.294. The number of halogens is 2. The van der Waals surface area contributed by atoms with E-state index in [-0.39, 0.29) is 42.8 Å². The highest BCUT2D eigenvalue weighted by molar-refractivity contribution is 6.04. The SMILES string of the molecule is O=C1CCC(Nc2ccc(CCc3cc(F)c4c(c3)C(=O)N(C(C(=O)Nc3ccccn3)c3ncn5c3CCC5)C4)c(F)c2)C(=O)N1. The molecule has 47 heavy (non-hydrogen) atoms. The normalized spacial score (nSPS) is 17.7. The van der Waals surface area contributed by atoms with Gasteiger partial charge in [-0.3, -0.25) is 24.5 Å². The molecule has 11 nitrogen and oxygen atoms in total. The second-order valence-corrected chi connectivity index (χ2v) is 12.0. The second-order valence-electron chi connectivity index (χ2n) is 12.0. The topological polar surface area (TPSA) is 138 Å². The molecule has 0 saturated carbocycles. The zero-order chi connectivity index (χ0) is 32.7. The minimum Gasteiger partial charge on any atom is -0.374 e. The van der Waals surface area contributed by atoms with E-state index in [9.17, 15) is 19.2 Å². The number of fused-ring (bicyclic) bond motifs is 2. The maximum absolute atomic E-state index is 15.6. The fourth-order valence-corrected chi connectivity index (χ4v) is 6.52. The number of amides is 4. The Morgan fingerprint density at radius 2 is 1.89 bits per heavy atom. The number of aromatic nitrogens is 3. The molecule has 3 aliphatic heterocycles. The number of nitrogens with zero attached hydrogens (tertiary/aromatic N) is 4. The van der Waals surface area contributed by atoms with Crippen molar-refractivity contribution in [2.45, 2.75) is 63.7 Å². The highest BCUT2D eigenvalue weighted by Crippen LogP contribution is 2.36. The number of carbonyl (C=O) groups is 4. The number of carbonyl (C=O) groups excluding carboxylic acids is 4. The highest BCUT2D eigenvalue weighted by Gasteiger charge is 2.42. The summed E-state index contributed by atoms with van der Waals surface area (Å²) in [6.07, 6.45) is 5.82. The van der Waals surface area contributed by atoms with Crippen LogP contribution in [0.3, 0.4) is 0 Å². The van der Waals surface area contributed by atoms with Gasteiger partial charge in [-0.2, -0.15) is 0 Å². The van der Waals surface area contributed by atoms with Gasteiger partial charge in [0.15, 0.2) is 6.04 Å². The molecule has 2 aromatic heterocycles. The standard InChI is InChI=1S/C34H31F2N7O4/c35-24-16-21(39-26-10-11-29(44)41-32(26)45)9-8-20(24)7-6-19-14-22-23(25(36)15-19)17-43(34(22)47)31(30-27-4-3-13-42(27)18-38-30)33(46)40-28-5-1-2-12-37-28/h1-2,5,8-9,12,14-16,18,26,31,39H,3-4,6-7,10-11,13,17H2,(H,37,40,46)(H,41,44,45). The first kappa shape index (κ1) is 30.2. The van der Waals surface area contributed by atoms with Gasteiger partial charge in [-0.1, -0.05) is 12.1 Å². The predicted octanol–water partition coefficient (Wildman–Crippen LogP) is 3.84. The average molecular weight is 640 g/mol. The highest BCUT2D eigenvalue weighted by atomic mass is 19.1. The van der Waals surface area contributed by atoms with Gasteiger partial charge in [-0.15, -0.1) is 0 Å². The summed E-state index contributed by atoms with van der Waals surface area (Å²) >= 11 is 0. The van der Waals surface area contributed by atoms with Crippen LogP contribution in [0, 0.1) is 11.6 Å². The lowest BCUT2D eigenvalue weighted by atomic mass is 9.99. The summed E-state index contributed by atoms with van der Waals surface area (Å²) in [5.74, 6) is -2.52. The number of anilines is 2. The van der Waals surface area contributed by atoms with Crippen molar-refractivity contribution >= 4 is 35.1 Å². The second kappa shape index (κ2) is 12.4. The quantitative estimate of drug-likeness (QED) is 0.237. The molecule has 1 saturated heterocycles. The maximum atomic E-state index is 15.6. The van der Waals surface area contributed by atoms with Gasteiger partial charge in [-0.25, -0.2) is 18.7 Å². The summed E-state index contributed by atoms with van der Waals surface area (Å²) in [5.41, 5.74) is 2.99. The largest absolute Gasteiger partial charge is 0.374 e. The Labute approximate surface area is 268 Å². The van der Waals surface area contributed by atoms with E-state index in [2.05, 4.69) is 25.9 Å². The summed E-state index contributed by atoms with van der Waals surface area (Å²) in [4.78, 5) is 61.1. The van der Waals surface area contributed by atoms with Gasteiger partial charge in [0, 0.05) is 41.7 Å². The molecule has 5 heterocycles. The van der Waals surface area contributed by atoms with E-state index in [0.717, 1.165) is 18.7 Å². The number of pyridine rings is 1. The van der Waals surface area contributed by atoms with Crippen molar-refractivity contribution in [2.24, 2.45) is 0 Å². The molecule has 0 bridgehead atoms. The average Bonchev–Trinajstić information content (AvgIpc) is 3.76. The first-order chi connectivity index (χ1) is 22.7. The Bertz CT molecular complexity index is 1910. The summed E-state index contributed by atoms with van der Waals surface area (Å²) in [5, 5.41) is 8.01. The molecule has 0 radical (unpaired) electrons. The number of hydrogen-bond donors (Lipinski definition) is 3. The Kier molecular flexibility index (Phi) is 7.96. The van der Waals surface area contributed by atoms with E-state index in [0.29, 0.717) is 41.2 Å². The molecular weight excluding hydrogens is 608 g/mol. The van der Waals surface area contributed by atoms with Gasteiger partial charge in [0.1, 0.15) is 23.5 Å². The van der Waals surface area contributed by atoms with Crippen molar-refractivity contribution < 1.29 is 28.0 Å². The number of piperidine rings is 1. The van der Waals surface area contributed by atoms with E-state index in [1.807, 2.05) is 4.57 Å². The Balaban J connectivity index is 1.09. The molecule has 3 N–H and O–H groups in total. The van der Waals surface area contributed by atoms with E-state index in [4.69, 9.17) is 0 Å². The molecule has 1 fully saturated rings. The van der Waals surface area contributed by atoms with Crippen LogP contribution in [0.5, 0.6) is 0 Å². The third kappa shape index (κ3) is 5.96. The van der Waals surface area contributed by atoms with Crippen LogP contribution in [0.2, 0.25) is 0 Å². The van der Waals surface area contributed by atoms with Crippen LogP contribution in [0.4, 0.5) is 20.3 Å². The van der Waals surface area contributed by atoms with Gasteiger partial charge < -0.3 is 20.1 Å². The summed E-state index contributed by atoms with van der Waals surface area (Å²) in [6, 6.07) is 10.8. The van der Waals surface area contributed by atoms with Crippen LogP contribution in [-0.2, 0) is 46.7 Å².